The molecule has 0 saturated carbocycles. The molecule has 20 heavy (non-hydrogen) atoms. The Morgan fingerprint density at radius 2 is 2.10 bits per heavy atom. The Hall–Kier alpha value is -0.490. The van der Waals surface area contributed by atoms with E-state index in [2.05, 4.69) is 10.0 Å². The Morgan fingerprint density at radius 1 is 1.35 bits per heavy atom. The van der Waals surface area contributed by atoms with Gasteiger partial charge in [-0.05, 0) is 56.5 Å². The number of nitrogens with one attached hydrogen (secondary N) is 2. The Kier molecular flexibility index (Phi) is 5.18. The van der Waals surface area contributed by atoms with Gasteiger partial charge in [0.15, 0.2) is 0 Å². The Bertz CT molecular complexity index is 584. The van der Waals surface area contributed by atoms with Crippen LogP contribution in [0.25, 0.3) is 0 Å². The fraction of sp³-hybridized carbons (Fsp3) is 0.538. The highest BCUT2D eigenvalue weighted by Crippen LogP contribution is 2.29. The van der Waals surface area contributed by atoms with Gasteiger partial charge in [0.1, 0.15) is 0 Å². The summed E-state index contributed by atoms with van der Waals surface area (Å²) in [6.07, 6.45) is 1.94. The highest BCUT2D eigenvalue weighted by Gasteiger charge is 2.22. The third kappa shape index (κ3) is 4.25. The number of sulfonamides is 1. The van der Waals surface area contributed by atoms with Crippen molar-refractivity contribution in [2.24, 2.45) is 5.92 Å². The molecule has 1 fully saturated rings. The van der Waals surface area contributed by atoms with Gasteiger partial charge in [-0.15, -0.1) is 0 Å². The maximum Gasteiger partial charge on any atom is 0.233 e. The fourth-order valence-electron chi connectivity index (χ4n) is 2.31. The highest BCUT2D eigenvalue weighted by atomic mass is 35.5. The minimum atomic E-state index is -3.42. The minimum Gasteiger partial charge on any atom is -0.316 e. The molecule has 0 aliphatic carbocycles. The van der Waals surface area contributed by atoms with Crippen LogP contribution in [0.5, 0.6) is 0 Å². The summed E-state index contributed by atoms with van der Waals surface area (Å²) in [6, 6.07) is 3.21. The zero-order chi connectivity index (χ0) is 14.8. The maximum absolute atomic E-state index is 12.2. The standard InChI is InChI=1S/C13H18Cl2N2O2S/c1-9-5-12(15)13(6-11(9)14)17-20(18,19)8-10-3-2-4-16-7-10/h5-6,10,16-17H,2-4,7-8H2,1H3. The SMILES string of the molecule is Cc1cc(Cl)c(NS(=O)(=O)CC2CCCNC2)cc1Cl. The van der Waals surface area contributed by atoms with Crippen molar-refractivity contribution in [3.8, 4) is 0 Å². The quantitative estimate of drug-likeness (QED) is 0.888. The number of hydrogen-bond donors (Lipinski definition) is 2. The van der Waals surface area contributed by atoms with Crippen molar-refractivity contribution in [2.75, 3.05) is 23.6 Å². The minimum absolute atomic E-state index is 0.0990. The summed E-state index contributed by atoms with van der Waals surface area (Å²) < 4.78 is 26.9. The van der Waals surface area contributed by atoms with E-state index in [4.69, 9.17) is 23.2 Å². The molecule has 1 unspecified atom stereocenters. The molecule has 2 N–H and O–H groups in total. The third-order valence-electron chi connectivity index (χ3n) is 3.37. The van der Waals surface area contributed by atoms with E-state index < -0.39 is 10.0 Å². The third-order valence-corrected chi connectivity index (χ3v) is 5.53. The second-order valence-corrected chi connectivity index (χ2v) is 7.76. The molecule has 0 bridgehead atoms. The molecule has 1 heterocycles. The normalized spacial score (nSPS) is 19.9. The van der Waals surface area contributed by atoms with Crippen molar-refractivity contribution < 1.29 is 8.42 Å². The van der Waals surface area contributed by atoms with E-state index in [0.29, 0.717) is 15.7 Å². The molecular weight excluding hydrogens is 319 g/mol. The second-order valence-electron chi connectivity index (χ2n) is 5.18. The van der Waals surface area contributed by atoms with E-state index in [-0.39, 0.29) is 11.7 Å². The first kappa shape index (κ1) is 15.9. The van der Waals surface area contributed by atoms with Gasteiger partial charge in [-0.3, -0.25) is 4.72 Å². The zero-order valence-corrected chi connectivity index (χ0v) is 13.6. The van der Waals surface area contributed by atoms with E-state index in [0.717, 1.165) is 31.5 Å². The summed E-state index contributed by atoms with van der Waals surface area (Å²) in [4.78, 5) is 0. The van der Waals surface area contributed by atoms with Crippen LogP contribution in [0.1, 0.15) is 18.4 Å². The lowest BCUT2D eigenvalue weighted by atomic mass is 10.0. The van der Waals surface area contributed by atoms with Crippen LogP contribution < -0.4 is 10.0 Å². The molecule has 1 aliphatic rings. The molecule has 0 radical (unpaired) electrons. The van der Waals surface area contributed by atoms with E-state index in [1.165, 1.54) is 0 Å². The first-order valence-corrected chi connectivity index (χ1v) is 8.95. The second kappa shape index (κ2) is 6.52. The number of rotatable bonds is 4. The smallest absolute Gasteiger partial charge is 0.233 e. The van der Waals surface area contributed by atoms with Crippen LogP contribution in [0.2, 0.25) is 10.0 Å². The molecule has 1 aromatic carbocycles. The topological polar surface area (TPSA) is 58.2 Å². The lowest BCUT2D eigenvalue weighted by Crippen LogP contribution is -2.35. The van der Waals surface area contributed by atoms with Crippen molar-refractivity contribution in [1.29, 1.82) is 0 Å². The number of anilines is 1. The molecule has 0 spiro atoms. The summed E-state index contributed by atoms with van der Waals surface area (Å²) in [5.41, 5.74) is 1.15. The molecule has 112 valence electrons. The van der Waals surface area contributed by atoms with Gasteiger partial charge in [0.05, 0.1) is 16.5 Å². The largest absolute Gasteiger partial charge is 0.316 e. The number of halogens is 2. The van der Waals surface area contributed by atoms with Gasteiger partial charge < -0.3 is 5.32 Å². The van der Waals surface area contributed by atoms with Crippen molar-refractivity contribution in [3.63, 3.8) is 0 Å². The molecule has 0 amide bonds. The van der Waals surface area contributed by atoms with E-state index in [9.17, 15) is 8.42 Å². The Morgan fingerprint density at radius 3 is 2.75 bits per heavy atom. The van der Waals surface area contributed by atoms with Crippen LogP contribution in [0.15, 0.2) is 12.1 Å². The predicted molar refractivity (Wildman–Crippen MR) is 84.2 cm³/mol. The van der Waals surface area contributed by atoms with Gasteiger partial charge >= 0.3 is 0 Å². The summed E-state index contributed by atoms with van der Waals surface area (Å²) in [5, 5.41) is 4.06. The first-order valence-electron chi connectivity index (χ1n) is 6.54. The monoisotopic (exact) mass is 336 g/mol. The number of piperidine rings is 1. The zero-order valence-electron chi connectivity index (χ0n) is 11.2. The molecule has 1 atom stereocenters. The van der Waals surface area contributed by atoms with Gasteiger partial charge in [0.2, 0.25) is 10.0 Å². The van der Waals surface area contributed by atoms with Crippen molar-refractivity contribution >= 4 is 38.9 Å². The van der Waals surface area contributed by atoms with Gasteiger partial charge in [-0.1, -0.05) is 23.2 Å². The van der Waals surface area contributed by atoms with Crippen LogP contribution in [0.4, 0.5) is 5.69 Å². The Balaban J connectivity index is 2.09. The molecule has 1 aromatic rings. The molecule has 1 aliphatic heterocycles. The summed E-state index contributed by atoms with van der Waals surface area (Å²) in [5.74, 6) is 0.239. The van der Waals surface area contributed by atoms with Gasteiger partial charge in [0, 0.05) is 5.02 Å². The average molecular weight is 337 g/mol. The molecule has 1 saturated heterocycles. The number of hydrogen-bond acceptors (Lipinski definition) is 3. The average Bonchev–Trinajstić information content (AvgIpc) is 2.36. The van der Waals surface area contributed by atoms with Crippen LogP contribution in [-0.2, 0) is 10.0 Å². The number of benzene rings is 1. The number of aryl methyl sites for hydroxylation is 1. The fourth-order valence-corrected chi connectivity index (χ4v) is 4.29. The van der Waals surface area contributed by atoms with Crippen LogP contribution in [0.3, 0.4) is 0 Å². The van der Waals surface area contributed by atoms with E-state index in [1.54, 1.807) is 12.1 Å². The van der Waals surface area contributed by atoms with Gasteiger partial charge in [-0.2, -0.15) is 0 Å². The van der Waals surface area contributed by atoms with E-state index >= 15 is 0 Å². The summed E-state index contributed by atoms with van der Waals surface area (Å²) in [7, 11) is -3.42. The van der Waals surface area contributed by atoms with Crippen LogP contribution in [0, 0.1) is 12.8 Å². The first-order chi connectivity index (χ1) is 9.37. The predicted octanol–water partition coefficient (Wildman–Crippen LogP) is 3.04. The molecule has 4 nitrogen and oxygen atoms in total. The molecular formula is C13H18Cl2N2O2S. The van der Waals surface area contributed by atoms with Crippen molar-refractivity contribution in [1.82, 2.24) is 5.32 Å². The lowest BCUT2D eigenvalue weighted by Gasteiger charge is -2.23. The summed E-state index contributed by atoms with van der Waals surface area (Å²) in [6.45, 7) is 3.52. The Labute approximate surface area is 129 Å². The molecule has 0 aromatic heterocycles. The van der Waals surface area contributed by atoms with E-state index in [1.807, 2.05) is 6.92 Å². The summed E-state index contributed by atoms with van der Waals surface area (Å²) >= 11 is 12.1. The van der Waals surface area contributed by atoms with Crippen LogP contribution in [-0.4, -0.2) is 27.3 Å². The van der Waals surface area contributed by atoms with Gasteiger partial charge in [-0.25, -0.2) is 8.42 Å². The van der Waals surface area contributed by atoms with Crippen molar-refractivity contribution in [3.05, 3.63) is 27.7 Å². The molecule has 7 heteroatoms. The maximum atomic E-state index is 12.2. The molecule has 2 rings (SSSR count). The van der Waals surface area contributed by atoms with Gasteiger partial charge in [0.25, 0.3) is 0 Å². The lowest BCUT2D eigenvalue weighted by molar-refractivity contribution is 0.404. The van der Waals surface area contributed by atoms with Crippen LogP contribution >= 0.6 is 23.2 Å². The van der Waals surface area contributed by atoms with Crippen molar-refractivity contribution in [2.45, 2.75) is 19.8 Å². The highest BCUT2D eigenvalue weighted by molar-refractivity contribution is 7.92.